The molecule has 11 nitrogen and oxygen atoms in total. The molecule has 3 aromatic rings. The third-order valence-electron chi connectivity index (χ3n) is 6.73. The first kappa shape index (κ1) is 24.3. The van der Waals surface area contributed by atoms with E-state index in [1.807, 2.05) is 23.0 Å². The van der Waals surface area contributed by atoms with Crippen LogP contribution in [-0.2, 0) is 37.3 Å². The lowest BCUT2D eigenvalue weighted by Gasteiger charge is -2.18. The lowest BCUT2D eigenvalue weighted by molar-refractivity contribution is 0.0924. The zero-order valence-electron chi connectivity index (χ0n) is 20.1. The zero-order chi connectivity index (χ0) is 24.7. The molecule has 5 rings (SSSR count). The van der Waals surface area contributed by atoms with Gasteiger partial charge in [0.15, 0.2) is 11.3 Å². The number of imidazole rings is 1. The van der Waals surface area contributed by atoms with Gasteiger partial charge < -0.3 is 14.0 Å². The summed E-state index contributed by atoms with van der Waals surface area (Å²) >= 11 is 0. The first-order valence-corrected chi connectivity index (χ1v) is 15.3. The minimum Gasteiger partial charge on any atom is -0.447 e. The summed E-state index contributed by atoms with van der Waals surface area (Å²) in [5, 5.41) is 0. The fourth-order valence-corrected chi connectivity index (χ4v) is 6.76. The van der Waals surface area contributed by atoms with Crippen LogP contribution in [0.25, 0.3) is 16.8 Å². The third kappa shape index (κ3) is 4.74. The maximum atomic E-state index is 12.7. The van der Waals surface area contributed by atoms with Gasteiger partial charge in [-0.25, -0.2) is 14.8 Å². The highest BCUT2D eigenvalue weighted by atomic mass is 32.2. The third-order valence-corrected chi connectivity index (χ3v) is 9.26. The van der Waals surface area contributed by atoms with Gasteiger partial charge in [-0.2, -0.15) is 17.4 Å². The van der Waals surface area contributed by atoms with Gasteiger partial charge in [-0.1, -0.05) is 6.92 Å². The molecule has 2 aliphatic rings. The van der Waals surface area contributed by atoms with Gasteiger partial charge in [-0.05, 0) is 35.7 Å². The number of aromatic nitrogens is 4. The van der Waals surface area contributed by atoms with Crippen LogP contribution in [0.3, 0.4) is 0 Å². The van der Waals surface area contributed by atoms with Gasteiger partial charge in [0.05, 0.1) is 37.4 Å². The molecule has 0 radical (unpaired) electrons. The van der Waals surface area contributed by atoms with E-state index in [1.54, 1.807) is 6.20 Å². The molecule has 190 valence electrons. The molecule has 13 heteroatoms. The number of amides is 1. The Hall–Kier alpha value is -2.35. The summed E-state index contributed by atoms with van der Waals surface area (Å²) in [4.78, 5) is 20.9. The van der Waals surface area contributed by atoms with Crippen LogP contribution in [0.1, 0.15) is 31.4 Å². The van der Waals surface area contributed by atoms with E-state index in [-0.39, 0.29) is 31.0 Å². The highest BCUT2D eigenvalue weighted by molar-refractivity contribution is 7.95. The molecule has 2 fully saturated rings. The molecule has 1 saturated carbocycles. The fraction of sp³-hybridized carbons (Fsp3) is 0.591. The van der Waals surface area contributed by atoms with E-state index >= 15 is 0 Å². The van der Waals surface area contributed by atoms with Crippen molar-refractivity contribution in [1.29, 1.82) is 0 Å². The Morgan fingerprint density at radius 1 is 1.26 bits per heavy atom. The predicted molar refractivity (Wildman–Crippen MR) is 134 cm³/mol. The SMILES string of the molecule is CC1C[C@H](NS(=O)(=O)N2CCOC2=O)CC1c1cnc2cnc3c(ccn3COCC[S+](C)C)n12. The summed E-state index contributed by atoms with van der Waals surface area (Å²) in [6.45, 7) is 3.39. The number of ether oxygens (including phenoxy) is 2. The minimum absolute atomic E-state index is 0.0384. The van der Waals surface area contributed by atoms with Crippen LogP contribution >= 0.6 is 0 Å². The number of nitrogens with zero attached hydrogens (tertiary/aromatic N) is 5. The Kier molecular flexibility index (Phi) is 6.68. The molecule has 35 heavy (non-hydrogen) atoms. The van der Waals surface area contributed by atoms with E-state index in [4.69, 9.17) is 9.47 Å². The van der Waals surface area contributed by atoms with Gasteiger partial charge in [0.25, 0.3) is 0 Å². The average molecular weight is 524 g/mol. The lowest BCUT2D eigenvalue weighted by Crippen LogP contribution is -2.45. The first-order valence-electron chi connectivity index (χ1n) is 11.6. The number of hydrogen-bond acceptors (Lipinski definition) is 7. The van der Waals surface area contributed by atoms with Crippen molar-refractivity contribution in [2.24, 2.45) is 5.92 Å². The first-order chi connectivity index (χ1) is 16.7. The van der Waals surface area contributed by atoms with Crippen molar-refractivity contribution in [2.45, 2.75) is 38.5 Å². The molecule has 1 saturated heterocycles. The molecular weight excluding hydrogens is 492 g/mol. The monoisotopic (exact) mass is 523 g/mol. The maximum absolute atomic E-state index is 12.7. The highest BCUT2D eigenvalue weighted by Crippen LogP contribution is 2.40. The number of fused-ring (bicyclic) bond motifs is 3. The topological polar surface area (TPSA) is 120 Å². The molecule has 1 aliphatic heterocycles. The second-order valence-corrected chi connectivity index (χ2v) is 13.4. The van der Waals surface area contributed by atoms with Crippen LogP contribution in [0.4, 0.5) is 4.79 Å². The molecule has 3 atom stereocenters. The number of carbonyl (C=O) groups excluding carboxylic acids is 1. The maximum Gasteiger partial charge on any atom is 0.424 e. The Bertz CT molecular complexity index is 1340. The van der Waals surface area contributed by atoms with Crippen LogP contribution in [0.15, 0.2) is 24.7 Å². The number of carbonyl (C=O) groups is 1. The second-order valence-electron chi connectivity index (χ2n) is 9.42. The van der Waals surface area contributed by atoms with Crippen molar-refractivity contribution in [3.63, 3.8) is 0 Å². The van der Waals surface area contributed by atoms with Crippen molar-refractivity contribution in [2.75, 3.05) is 38.0 Å². The van der Waals surface area contributed by atoms with Gasteiger partial charge in [0.1, 0.15) is 19.1 Å². The van der Waals surface area contributed by atoms with Crippen molar-refractivity contribution in [3.8, 4) is 0 Å². The van der Waals surface area contributed by atoms with Crippen molar-refractivity contribution in [1.82, 2.24) is 28.0 Å². The van der Waals surface area contributed by atoms with E-state index in [2.05, 4.69) is 38.5 Å². The Labute approximate surface area is 207 Å². The van der Waals surface area contributed by atoms with E-state index < -0.39 is 16.3 Å². The molecular formula is C22H31N6O5S2+. The van der Waals surface area contributed by atoms with Crippen LogP contribution in [0, 0.1) is 5.92 Å². The van der Waals surface area contributed by atoms with Gasteiger partial charge >= 0.3 is 16.3 Å². The fourth-order valence-electron chi connectivity index (χ4n) is 5.00. The summed E-state index contributed by atoms with van der Waals surface area (Å²) in [5.41, 5.74) is 3.55. The number of cyclic esters (lactones) is 1. The summed E-state index contributed by atoms with van der Waals surface area (Å²) < 4.78 is 43.6. The number of nitrogens with one attached hydrogen (secondary N) is 1. The van der Waals surface area contributed by atoms with Crippen molar-refractivity contribution < 1.29 is 22.7 Å². The Morgan fingerprint density at radius 3 is 2.83 bits per heavy atom. The minimum atomic E-state index is -3.94. The molecule has 0 spiro atoms. The number of rotatable bonds is 9. The van der Waals surface area contributed by atoms with Gasteiger partial charge in [-0.15, -0.1) is 0 Å². The number of hydrogen-bond donors (Lipinski definition) is 1. The smallest absolute Gasteiger partial charge is 0.424 e. The van der Waals surface area contributed by atoms with Gasteiger partial charge in [0.2, 0.25) is 0 Å². The molecule has 4 heterocycles. The molecule has 1 N–H and O–H groups in total. The molecule has 1 amide bonds. The normalized spacial score (nSPS) is 23.3. The molecule has 0 aromatic carbocycles. The lowest BCUT2D eigenvalue weighted by atomic mass is 9.95. The highest BCUT2D eigenvalue weighted by Gasteiger charge is 2.40. The van der Waals surface area contributed by atoms with Gasteiger partial charge in [0, 0.05) is 30.0 Å². The quantitative estimate of drug-likeness (QED) is 0.335. The second kappa shape index (κ2) is 9.60. The summed E-state index contributed by atoms with van der Waals surface area (Å²) in [6, 6.07) is 1.74. The molecule has 0 bridgehead atoms. The van der Waals surface area contributed by atoms with Crippen molar-refractivity contribution in [3.05, 3.63) is 30.4 Å². The van der Waals surface area contributed by atoms with Crippen LogP contribution in [0.5, 0.6) is 0 Å². The standard InChI is InChI=1S/C22H31N6O5S2/c1-15-10-16(25-35(30,31)27-6-7-33-22(27)29)11-17(15)19-12-23-20-13-24-21-18(28(19)20)4-5-26(21)14-32-8-9-34(2)3/h4-5,12-13,15-17,25H,6-11,14H2,1-3H3/q+1/t15?,16-,17?/m0/s1. The predicted octanol–water partition coefficient (Wildman–Crippen LogP) is 1.70. The summed E-state index contributed by atoms with van der Waals surface area (Å²) in [6.07, 6.45) is 10.5. The Morgan fingerprint density at radius 2 is 2.09 bits per heavy atom. The largest absolute Gasteiger partial charge is 0.447 e. The van der Waals surface area contributed by atoms with Gasteiger partial charge in [-0.3, -0.25) is 4.40 Å². The van der Waals surface area contributed by atoms with Crippen LogP contribution in [0.2, 0.25) is 0 Å². The molecule has 3 aromatic heterocycles. The van der Waals surface area contributed by atoms with E-state index in [0.717, 1.165) is 32.6 Å². The van der Waals surface area contributed by atoms with Crippen LogP contribution < -0.4 is 4.72 Å². The summed E-state index contributed by atoms with van der Waals surface area (Å²) in [5.74, 6) is 1.35. The van der Waals surface area contributed by atoms with E-state index in [9.17, 15) is 13.2 Å². The van der Waals surface area contributed by atoms with Crippen molar-refractivity contribution >= 4 is 44.0 Å². The van der Waals surface area contributed by atoms with Crippen LogP contribution in [-0.4, -0.2) is 81.8 Å². The zero-order valence-corrected chi connectivity index (χ0v) is 21.7. The molecule has 1 aliphatic carbocycles. The Balaban J connectivity index is 1.36. The molecule has 2 unspecified atom stereocenters. The average Bonchev–Trinajstić information content (AvgIpc) is 3.56. The van der Waals surface area contributed by atoms with E-state index in [1.165, 1.54) is 0 Å². The van der Waals surface area contributed by atoms with E-state index in [0.29, 0.717) is 37.1 Å². The summed E-state index contributed by atoms with van der Waals surface area (Å²) in [7, 11) is -3.59.